The smallest absolute Gasteiger partial charge is 0.269 e. The number of fused-ring (bicyclic) bond motifs is 2. The lowest BCUT2D eigenvalue weighted by Crippen LogP contribution is -2.52. The van der Waals surface area contributed by atoms with Crippen molar-refractivity contribution >= 4 is 22.4 Å². The van der Waals surface area contributed by atoms with Crippen molar-refractivity contribution in [1.29, 1.82) is 0 Å². The van der Waals surface area contributed by atoms with Gasteiger partial charge in [0.25, 0.3) is 5.91 Å². The zero-order valence-corrected chi connectivity index (χ0v) is 20.7. The standard InChI is InChI=1S/C28H29F2N3O5/c29-21-6-5-18-12-17(2-4-19(18)13-21)3-7-23(32-36)28(35)31-24(16-33-8-1-9-33)26(34)20-14-22(30)27-25(15-20)37-10-11-38-27/h2,4-6,12-15,24,26,34,36H,1,3,7-11,16H2,(H,31,35)/t24-,26-/m1/s1. The Bertz CT molecular complexity index is 1360. The Hall–Kier alpha value is -3.76. The molecule has 10 heteroatoms. The van der Waals surface area contributed by atoms with Gasteiger partial charge in [-0.2, -0.15) is 0 Å². The number of nitrogens with zero attached hydrogens (tertiary/aromatic N) is 2. The number of rotatable bonds is 9. The van der Waals surface area contributed by atoms with Crippen LogP contribution in [0.2, 0.25) is 0 Å². The number of hydrogen-bond donors (Lipinski definition) is 3. The van der Waals surface area contributed by atoms with Crippen LogP contribution in [-0.4, -0.2) is 65.7 Å². The summed E-state index contributed by atoms with van der Waals surface area (Å²) in [6, 6.07) is 12.0. The van der Waals surface area contributed by atoms with E-state index in [-0.39, 0.29) is 48.2 Å². The molecule has 3 aromatic carbocycles. The Morgan fingerprint density at radius 1 is 1.05 bits per heavy atom. The average molecular weight is 526 g/mol. The van der Waals surface area contributed by atoms with Gasteiger partial charge in [0.1, 0.15) is 30.8 Å². The second kappa shape index (κ2) is 11.3. The summed E-state index contributed by atoms with van der Waals surface area (Å²) in [5, 5.41) is 28.4. The molecule has 38 heavy (non-hydrogen) atoms. The number of oxime groups is 1. The summed E-state index contributed by atoms with van der Waals surface area (Å²) >= 11 is 0. The van der Waals surface area contributed by atoms with Gasteiger partial charge in [-0.05, 0) is 72.1 Å². The number of hydrogen-bond acceptors (Lipinski definition) is 7. The van der Waals surface area contributed by atoms with E-state index in [9.17, 15) is 23.9 Å². The number of likely N-dealkylation sites (tertiary alicyclic amines) is 1. The van der Waals surface area contributed by atoms with Crippen LogP contribution in [0.5, 0.6) is 11.5 Å². The third-order valence-corrected chi connectivity index (χ3v) is 6.96. The number of halogens is 2. The van der Waals surface area contributed by atoms with Gasteiger partial charge in [-0.1, -0.05) is 29.4 Å². The first kappa shape index (κ1) is 25.9. The molecular weight excluding hydrogens is 496 g/mol. The first-order chi connectivity index (χ1) is 18.4. The predicted molar refractivity (Wildman–Crippen MR) is 137 cm³/mol. The zero-order chi connectivity index (χ0) is 26.6. The maximum absolute atomic E-state index is 14.6. The number of ether oxygens (including phenoxy) is 2. The predicted octanol–water partition coefficient (Wildman–Crippen LogP) is 3.58. The van der Waals surface area contributed by atoms with Gasteiger partial charge in [-0.25, -0.2) is 8.78 Å². The lowest BCUT2D eigenvalue weighted by Gasteiger charge is -2.36. The van der Waals surface area contributed by atoms with Crippen molar-refractivity contribution in [3.05, 3.63) is 71.3 Å². The van der Waals surface area contributed by atoms with Gasteiger partial charge in [0.2, 0.25) is 0 Å². The molecule has 3 N–H and O–H groups in total. The van der Waals surface area contributed by atoms with Gasteiger partial charge in [0.05, 0.1) is 6.04 Å². The molecule has 2 heterocycles. The van der Waals surface area contributed by atoms with Crippen LogP contribution in [0.15, 0.2) is 53.7 Å². The summed E-state index contributed by atoms with van der Waals surface area (Å²) < 4.78 is 38.9. The Kier molecular flexibility index (Phi) is 7.71. The zero-order valence-electron chi connectivity index (χ0n) is 20.7. The molecule has 8 nitrogen and oxygen atoms in total. The molecule has 5 rings (SSSR count). The van der Waals surface area contributed by atoms with Crippen molar-refractivity contribution in [2.75, 3.05) is 32.8 Å². The van der Waals surface area contributed by atoms with Crippen molar-refractivity contribution in [1.82, 2.24) is 10.2 Å². The SMILES string of the molecule is O=C(N[C@H](CN1CCC1)[C@H](O)c1cc(F)c2c(c1)OCCO2)C(CCc1ccc2cc(F)ccc2c1)=NO. The molecule has 0 bridgehead atoms. The molecule has 0 unspecified atom stereocenters. The Balaban J connectivity index is 1.28. The molecule has 1 saturated heterocycles. The fourth-order valence-electron chi connectivity index (χ4n) is 4.75. The number of benzene rings is 3. The second-order valence-electron chi connectivity index (χ2n) is 9.58. The van der Waals surface area contributed by atoms with Gasteiger partial charge in [-0.15, -0.1) is 0 Å². The number of nitrogens with one attached hydrogen (secondary N) is 1. The third-order valence-electron chi connectivity index (χ3n) is 6.96. The molecule has 2 aliphatic heterocycles. The van der Waals surface area contributed by atoms with E-state index >= 15 is 0 Å². The molecule has 3 aromatic rings. The van der Waals surface area contributed by atoms with E-state index in [1.807, 2.05) is 12.1 Å². The molecule has 200 valence electrons. The second-order valence-corrected chi connectivity index (χ2v) is 9.58. The van der Waals surface area contributed by atoms with Gasteiger partial charge in [-0.3, -0.25) is 4.79 Å². The monoisotopic (exact) mass is 525 g/mol. The van der Waals surface area contributed by atoms with E-state index in [2.05, 4.69) is 15.4 Å². The van der Waals surface area contributed by atoms with Crippen LogP contribution >= 0.6 is 0 Å². The quantitative estimate of drug-likeness (QED) is 0.224. The molecule has 0 aliphatic carbocycles. The van der Waals surface area contributed by atoms with Crippen molar-refractivity contribution in [2.45, 2.75) is 31.4 Å². The number of carbonyl (C=O) groups excluding carboxylic acids is 1. The Morgan fingerprint density at radius 2 is 1.82 bits per heavy atom. The lowest BCUT2D eigenvalue weighted by atomic mass is 9.98. The van der Waals surface area contributed by atoms with E-state index in [1.165, 1.54) is 24.3 Å². The highest BCUT2D eigenvalue weighted by atomic mass is 19.1. The fraction of sp³-hybridized carbons (Fsp3) is 0.357. The third kappa shape index (κ3) is 5.71. The van der Waals surface area contributed by atoms with Crippen LogP contribution in [0.1, 0.15) is 30.1 Å². The highest BCUT2D eigenvalue weighted by Gasteiger charge is 2.31. The molecule has 2 aliphatic rings. The first-order valence-electron chi connectivity index (χ1n) is 12.6. The van der Waals surface area contributed by atoms with Crippen molar-refractivity contribution in [3.63, 3.8) is 0 Å². The largest absolute Gasteiger partial charge is 0.486 e. The maximum Gasteiger partial charge on any atom is 0.269 e. The number of carbonyl (C=O) groups is 1. The topological polar surface area (TPSA) is 104 Å². The highest BCUT2D eigenvalue weighted by molar-refractivity contribution is 6.38. The van der Waals surface area contributed by atoms with E-state index in [0.717, 1.165) is 35.8 Å². The van der Waals surface area contributed by atoms with Crippen molar-refractivity contribution in [2.24, 2.45) is 5.16 Å². The summed E-state index contributed by atoms with van der Waals surface area (Å²) in [4.78, 5) is 15.2. The minimum atomic E-state index is -1.24. The van der Waals surface area contributed by atoms with Crippen LogP contribution in [0, 0.1) is 11.6 Å². The Labute approximate surface area is 218 Å². The van der Waals surface area contributed by atoms with E-state index in [1.54, 1.807) is 12.1 Å². The molecule has 1 fully saturated rings. The van der Waals surface area contributed by atoms with Gasteiger partial charge >= 0.3 is 0 Å². The normalized spacial score (nSPS) is 17.1. The molecular formula is C28H29F2N3O5. The lowest BCUT2D eigenvalue weighted by molar-refractivity contribution is -0.116. The number of aliphatic hydroxyl groups is 1. The van der Waals surface area contributed by atoms with Crippen molar-refractivity contribution < 1.29 is 33.4 Å². The summed E-state index contributed by atoms with van der Waals surface area (Å²) in [7, 11) is 0. The van der Waals surface area contributed by atoms with Crippen molar-refractivity contribution in [3.8, 4) is 11.5 Å². The summed E-state index contributed by atoms with van der Waals surface area (Å²) in [6.45, 7) is 2.48. The van der Waals surface area contributed by atoms with Gasteiger partial charge in [0.15, 0.2) is 17.3 Å². The average Bonchev–Trinajstić information content (AvgIpc) is 2.89. The molecule has 0 aromatic heterocycles. The summed E-state index contributed by atoms with van der Waals surface area (Å²) in [6.07, 6.45) is 0.315. The fourth-order valence-corrected chi connectivity index (χ4v) is 4.75. The number of aryl methyl sites for hydroxylation is 1. The minimum absolute atomic E-state index is 0.00375. The highest BCUT2D eigenvalue weighted by Crippen LogP contribution is 2.36. The number of amides is 1. The van der Waals surface area contributed by atoms with Crippen LogP contribution in [-0.2, 0) is 11.2 Å². The Morgan fingerprint density at radius 3 is 2.58 bits per heavy atom. The minimum Gasteiger partial charge on any atom is -0.486 e. The summed E-state index contributed by atoms with van der Waals surface area (Å²) in [5.41, 5.74) is 1.04. The maximum atomic E-state index is 14.6. The van der Waals surface area contributed by atoms with Gasteiger partial charge in [0, 0.05) is 13.0 Å². The van der Waals surface area contributed by atoms with Crippen LogP contribution in [0.25, 0.3) is 10.8 Å². The molecule has 0 spiro atoms. The first-order valence-corrected chi connectivity index (χ1v) is 12.6. The molecule has 0 saturated carbocycles. The van der Waals surface area contributed by atoms with Gasteiger partial charge < -0.3 is 30.0 Å². The molecule has 2 atom stereocenters. The van der Waals surface area contributed by atoms with E-state index in [4.69, 9.17) is 9.47 Å². The molecule has 0 radical (unpaired) electrons. The van der Waals surface area contributed by atoms with Crippen LogP contribution < -0.4 is 14.8 Å². The van der Waals surface area contributed by atoms with E-state index in [0.29, 0.717) is 13.0 Å². The molecule has 1 amide bonds. The van der Waals surface area contributed by atoms with Crippen LogP contribution in [0.4, 0.5) is 8.78 Å². The van der Waals surface area contributed by atoms with Crippen LogP contribution in [0.3, 0.4) is 0 Å². The number of aliphatic hydroxyl groups excluding tert-OH is 1. The van der Waals surface area contributed by atoms with E-state index < -0.39 is 23.9 Å². The summed E-state index contributed by atoms with van der Waals surface area (Å²) in [5.74, 6) is -1.39.